The molecule has 15 heavy (non-hydrogen) atoms. The number of nitrogens with one attached hydrogen (secondary N) is 1. The van der Waals surface area contributed by atoms with E-state index in [4.69, 9.17) is 0 Å². The molecule has 1 aromatic rings. The highest BCUT2D eigenvalue weighted by Crippen LogP contribution is 2.28. The minimum Gasteiger partial charge on any atom is -0.396 e. The lowest BCUT2D eigenvalue weighted by atomic mass is 9.82. The zero-order valence-corrected chi connectivity index (χ0v) is 9.24. The third-order valence-electron chi connectivity index (χ3n) is 3.37. The normalized spacial score (nSPS) is 26.5. The standard InChI is InChI=1S/C13H19NO/c1-10-2-4-11(5-3-10)13-8-14-7-6-12(13)9-15/h2-5,12-15H,6-9H2,1H3. The monoisotopic (exact) mass is 205 g/mol. The number of piperidine rings is 1. The highest BCUT2D eigenvalue weighted by molar-refractivity contribution is 5.25. The van der Waals surface area contributed by atoms with E-state index in [0.29, 0.717) is 18.4 Å². The van der Waals surface area contributed by atoms with Gasteiger partial charge in [0.25, 0.3) is 0 Å². The Kier molecular flexibility index (Phi) is 3.39. The molecule has 1 saturated heterocycles. The number of aliphatic hydroxyl groups is 1. The second-order valence-corrected chi connectivity index (χ2v) is 4.45. The molecule has 0 saturated carbocycles. The van der Waals surface area contributed by atoms with Crippen molar-refractivity contribution in [3.63, 3.8) is 0 Å². The number of aliphatic hydroxyl groups excluding tert-OH is 1. The molecule has 2 atom stereocenters. The van der Waals surface area contributed by atoms with E-state index >= 15 is 0 Å². The van der Waals surface area contributed by atoms with Gasteiger partial charge in [0, 0.05) is 19.1 Å². The third kappa shape index (κ3) is 2.39. The van der Waals surface area contributed by atoms with Gasteiger partial charge in [-0.25, -0.2) is 0 Å². The molecule has 0 aliphatic carbocycles. The van der Waals surface area contributed by atoms with Crippen molar-refractivity contribution in [2.45, 2.75) is 19.3 Å². The number of benzene rings is 1. The predicted molar refractivity (Wildman–Crippen MR) is 62.0 cm³/mol. The molecule has 0 spiro atoms. The van der Waals surface area contributed by atoms with E-state index in [-0.39, 0.29) is 0 Å². The quantitative estimate of drug-likeness (QED) is 0.770. The molecule has 2 unspecified atom stereocenters. The fraction of sp³-hybridized carbons (Fsp3) is 0.538. The molecule has 82 valence electrons. The van der Waals surface area contributed by atoms with Gasteiger partial charge in [0.05, 0.1) is 0 Å². The summed E-state index contributed by atoms with van der Waals surface area (Å²) in [6, 6.07) is 8.68. The van der Waals surface area contributed by atoms with Crippen molar-refractivity contribution in [1.29, 1.82) is 0 Å². The first-order valence-electron chi connectivity index (χ1n) is 5.69. The Morgan fingerprint density at radius 2 is 2.07 bits per heavy atom. The van der Waals surface area contributed by atoms with Crippen LogP contribution in [0, 0.1) is 12.8 Å². The van der Waals surface area contributed by atoms with Crippen LogP contribution < -0.4 is 5.32 Å². The Morgan fingerprint density at radius 3 is 2.73 bits per heavy atom. The van der Waals surface area contributed by atoms with E-state index in [1.807, 2.05) is 0 Å². The molecule has 0 radical (unpaired) electrons. The average Bonchev–Trinajstić information content (AvgIpc) is 2.30. The van der Waals surface area contributed by atoms with Gasteiger partial charge in [-0.3, -0.25) is 0 Å². The number of hydrogen-bond donors (Lipinski definition) is 2. The first-order valence-corrected chi connectivity index (χ1v) is 5.69. The zero-order valence-electron chi connectivity index (χ0n) is 9.24. The van der Waals surface area contributed by atoms with Gasteiger partial charge in [-0.05, 0) is 31.4 Å². The summed E-state index contributed by atoms with van der Waals surface area (Å²) < 4.78 is 0. The second kappa shape index (κ2) is 4.77. The topological polar surface area (TPSA) is 32.3 Å². The maximum atomic E-state index is 9.35. The summed E-state index contributed by atoms with van der Waals surface area (Å²) in [5.41, 5.74) is 2.65. The van der Waals surface area contributed by atoms with Crippen molar-refractivity contribution in [3.05, 3.63) is 35.4 Å². The summed E-state index contributed by atoms with van der Waals surface area (Å²) in [5, 5.41) is 12.8. The van der Waals surface area contributed by atoms with Crippen LogP contribution in [0.15, 0.2) is 24.3 Å². The van der Waals surface area contributed by atoms with E-state index in [1.54, 1.807) is 0 Å². The van der Waals surface area contributed by atoms with Crippen LogP contribution in [0.25, 0.3) is 0 Å². The number of hydrogen-bond acceptors (Lipinski definition) is 2. The SMILES string of the molecule is Cc1ccc(C2CNCCC2CO)cc1. The highest BCUT2D eigenvalue weighted by atomic mass is 16.3. The van der Waals surface area contributed by atoms with E-state index in [0.717, 1.165) is 19.5 Å². The lowest BCUT2D eigenvalue weighted by Gasteiger charge is -2.31. The summed E-state index contributed by atoms with van der Waals surface area (Å²) in [5.74, 6) is 0.901. The molecule has 0 aromatic heterocycles. The van der Waals surface area contributed by atoms with Gasteiger partial charge in [0.1, 0.15) is 0 Å². The van der Waals surface area contributed by atoms with Crippen LogP contribution >= 0.6 is 0 Å². The van der Waals surface area contributed by atoms with E-state index < -0.39 is 0 Å². The predicted octanol–water partition coefficient (Wildman–Crippen LogP) is 1.68. The van der Waals surface area contributed by atoms with Crippen molar-refractivity contribution >= 4 is 0 Å². The number of aryl methyl sites for hydroxylation is 1. The Balaban J connectivity index is 2.16. The fourth-order valence-corrected chi connectivity index (χ4v) is 2.34. The van der Waals surface area contributed by atoms with Gasteiger partial charge in [0.15, 0.2) is 0 Å². The van der Waals surface area contributed by atoms with Crippen molar-refractivity contribution in [1.82, 2.24) is 5.32 Å². The minimum atomic E-state index is 0.306. The molecule has 1 aliphatic rings. The van der Waals surface area contributed by atoms with Crippen molar-refractivity contribution < 1.29 is 5.11 Å². The molecule has 2 N–H and O–H groups in total. The lowest BCUT2D eigenvalue weighted by Crippen LogP contribution is -2.36. The van der Waals surface area contributed by atoms with Crippen LogP contribution in [0.1, 0.15) is 23.5 Å². The Bertz CT molecular complexity index is 307. The maximum absolute atomic E-state index is 9.35. The molecule has 2 heteroatoms. The summed E-state index contributed by atoms with van der Waals surface area (Å²) >= 11 is 0. The minimum absolute atomic E-state index is 0.306. The largest absolute Gasteiger partial charge is 0.396 e. The summed E-state index contributed by atoms with van der Waals surface area (Å²) in [6.07, 6.45) is 1.08. The summed E-state index contributed by atoms with van der Waals surface area (Å²) in [6.45, 7) is 4.44. The van der Waals surface area contributed by atoms with Crippen molar-refractivity contribution in [2.75, 3.05) is 19.7 Å². The van der Waals surface area contributed by atoms with E-state index in [1.165, 1.54) is 11.1 Å². The Hall–Kier alpha value is -0.860. The average molecular weight is 205 g/mol. The maximum Gasteiger partial charge on any atom is 0.0466 e. The fourth-order valence-electron chi connectivity index (χ4n) is 2.34. The van der Waals surface area contributed by atoms with Crippen molar-refractivity contribution in [2.24, 2.45) is 5.92 Å². The van der Waals surface area contributed by atoms with Crippen molar-refractivity contribution in [3.8, 4) is 0 Å². The van der Waals surface area contributed by atoms with Crippen LogP contribution in [0.5, 0.6) is 0 Å². The van der Waals surface area contributed by atoms with E-state index in [2.05, 4.69) is 36.5 Å². The Labute approximate surface area is 91.3 Å². The van der Waals surface area contributed by atoms with Gasteiger partial charge in [-0.1, -0.05) is 29.8 Å². The lowest BCUT2D eigenvalue weighted by molar-refractivity contribution is 0.176. The van der Waals surface area contributed by atoms with Gasteiger partial charge >= 0.3 is 0 Å². The molecule has 1 aliphatic heterocycles. The molecule has 1 heterocycles. The van der Waals surface area contributed by atoms with Crippen LogP contribution in [0.3, 0.4) is 0 Å². The Morgan fingerprint density at radius 1 is 1.33 bits per heavy atom. The van der Waals surface area contributed by atoms with E-state index in [9.17, 15) is 5.11 Å². The third-order valence-corrected chi connectivity index (χ3v) is 3.37. The molecule has 2 nitrogen and oxygen atoms in total. The smallest absolute Gasteiger partial charge is 0.0466 e. The highest BCUT2D eigenvalue weighted by Gasteiger charge is 2.25. The van der Waals surface area contributed by atoms with Gasteiger partial charge in [0.2, 0.25) is 0 Å². The van der Waals surface area contributed by atoms with Gasteiger partial charge in [-0.15, -0.1) is 0 Å². The molecule has 1 aromatic carbocycles. The van der Waals surface area contributed by atoms with Gasteiger partial charge < -0.3 is 10.4 Å². The van der Waals surface area contributed by atoms with Crippen LogP contribution in [-0.4, -0.2) is 24.8 Å². The van der Waals surface area contributed by atoms with Crippen LogP contribution in [-0.2, 0) is 0 Å². The molecule has 0 bridgehead atoms. The molecule has 0 amide bonds. The molecular weight excluding hydrogens is 186 g/mol. The first-order chi connectivity index (χ1) is 7.31. The molecular formula is C13H19NO. The molecule has 2 rings (SSSR count). The van der Waals surface area contributed by atoms with Crippen LogP contribution in [0.4, 0.5) is 0 Å². The van der Waals surface area contributed by atoms with Gasteiger partial charge in [-0.2, -0.15) is 0 Å². The number of rotatable bonds is 2. The first kappa shape index (κ1) is 10.7. The zero-order chi connectivity index (χ0) is 10.7. The second-order valence-electron chi connectivity index (χ2n) is 4.45. The summed E-state index contributed by atoms with van der Waals surface area (Å²) in [4.78, 5) is 0. The molecule has 1 fully saturated rings. The van der Waals surface area contributed by atoms with Crippen LogP contribution in [0.2, 0.25) is 0 Å². The summed E-state index contributed by atoms with van der Waals surface area (Å²) in [7, 11) is 0.